The molecule has 4 nitrogen and oxygen atoms in total. The van der Waals surface area contributed by atoms with Crippen molar-refractivity contribution in [3.63, 3.8) is 0 Å². The number of hydrogen-bond donors (Lipinski definition) is 2. The van der Waals surface area contributed by atoms with Gasteiger partial charge in [-0.3, -0.25) is 9.59 Å². The lowest BCUT2D eigenvalue weighted by atomic mass is 9.99. The maximum atomic E-state index is 10.7. The average Bonchev–Trinajstić information content (AvgIpc) is 1.98. The van der Waals surface area contributed by atoms with Gasteiger partial charge < -0.3 is 11.1 Å². The van der Waals surface area contributed by atoms with Gasteiger partial charge in [-0.15, -0.1) is 0 Å². The molecule has 11 heavy (non-hydrogen) atoms. The Balaban J connectivity index is 4.08. The Labute approximate surface area is 66.1 Å². The predicted molar refractivity (Wildman–Crippen MR) is 41.3 cm³/mol. The standard InChI is InChI=1S/C7H13N2O2/c1-3-5(2)6(7(8)11)9-4-10/h5-6H,3H2,1-2H3,(H2,8,11)(H,9,10)/t5?,6-/m0/s1. The minimum absolute atomic E-state index is 0.0638. The lowest BCUT2D eigenvalue weighted by molar-refractivity contribution is -0.120. The van der Waals surface area contributed by atoms with Crippen LogP contribution in [0.2, 0.25) is 0 Å². The summed E-state index contributed by atoms with van der Waals surface area (Å²) in [6.45, 7) is 3.77. The van der Waals surface area contributed by atoms with E-state index in [0.717, 1.165) is 6.42 Å². The number of primary amides is 1. The van der Waals surface area contributed by atoms with E-state index in [9.17, 15) is 9.59 Å². The Morgan fingerprint density at radius 2 is 2.27 bits per heavy atom. The fourth-order valence-electron chi connectivity index (χ4n) is 0.793. The molecule has 0 aromatic rings. The normalized spacial score (nSPS) is 15.1. The Hall–Kier alpha value is -1.06. The van der Waals surface area contributed by atoms with Crippen LogP contribution in [0.3, 0.4) is 0 Å². The molecule has 0 fully saturated rings. The van der Waals surface area contributed by atoms with Crippen LogP contribution in [0, 0.1) is 5.92 Å². The highest BCUT2D eigenvalue weighted by Crippen LogP contribution is 2.05. The van der Waals surface area contributed by atoms with Gasteiger partial charge in [0.25, 0.3) is 0 Å². The zero-order valence-electron chi connectivity index (χ0n) is 6.76. The third-order valence-electron chi connectivity index (χ3n) is 1.73. The van der Waals surface area contributed by atoms with Crippen LogP contribution in [0.5, 0.6) is 0 Å². The van der Waals surface area contributed by atoms with Gasteiger partial charge in [0.15, 0.2) is 0 Å². The van der Waals surface area contributed by atoms with Crippen molar-refractivity contribution in [2.24, 2.45) is 11.7 Å². The summed E-state index contributed by atoms with van der Waals surface area (Å²) in [6, 6.07) is -0.586. The molecule has 0 saturated carbocycles. The molecule has 0 bridgehead atoms. The van der Waals surface area contributed by atoms with Crippen LogP contribution < -0.4 is 11.1 Å². The number of hydrogen-bond acceptors (Lipinski definition) is 2. The molecule has 0 aliphatic heterocycles. The first kappa shape index (κ1) is 9.94. The van der Waals surface area contributed by atoms with Crippen molar-refractivity contribution in [2.75, 3.05) is 0 Å². The third-order valence-corrected chi connectivity index (χ3v) is 1.73. The van der Waals surface area contributed by atoms with Crippen molar-refractivity contribution in [1.29, 1.82) is 0 Å². The van der Waals surface area contributed by atoms with Crippen LogP contribution in [-0.4, -0.2) is 18.4 Å². The summed E-state index contributed by atoms with van der Waals surface area (Å²) >= 11 is 0. The number of carbonyl (C=O) groups excluding carboxylic acids is 2. The summed E-state index contributed by atoms with van der Waals surface area (Å²) in [4.78, 5) is 20.6. The number of amides is 2. The largest absolute Gasteiger partial charge is 0.368 e. The molecule has 0 aliphatic carbocycles. The topological polar surface area (TPSA) is 72.2 Å². The van der Waals surface area contributed by atoms with E-state index < -0.39 is 11.9 Å². The van der Waals surface area contributed by atoms with E-state index in [1.807, 2.05) is 13.8 Å². The molecule has 4 heteroatoms. The average molecular weight is 157 g/mol. The van der Waals surface area contributed by atoms with Crippen molar-refractivity contribution in [3.8, 4) is 0 Å². The smallest absolute Gasteiger partial charge is 0.309 e. The lowest BCUT2D eigenvalue weighted by Crippen LogP contribution is -2.44. The Morgan fingerprint density at radius 1 is 1.73 bits per heavy atom. The van der Waals surface area contributed by atoms with E-state index in [1.165, 1.54) is 6.41 Å². The zero-order chi connectivity index (χ0) is 8.85. The molecule has 0 rings (SSSR count). The van der Waals surface area contributed by atoms with E-state index in [-0.39, 0.29) is 5.92 Å². The molecule has 2 atom stereocenters. The Morgan fingerprint density at radius 3 is 2.55 bits per heavy atom. The third kappa shape index (κ3) is 3.02. The first-order valence-corrected chi connectivity index (χ1v) is 3.55. The molecule has 0 aromatic heterocycles. The second kappa shape index (κ2) is 4.71. The van der Waals surface area contributed by atoms with Crippen molar-refractivity contribution >= 4 is 12.3 Å². The summed E-state index contributed by atoms with van der Waals surface area (Å²) < 4.78 is 0. The minimum atomic E-state index is -0.586. The second-order valence-electron chi connectivity index (χ2n) is 2.51. The van der Waals surface area contributed by atoms with Crippen molar-refractivity contribution in [1.82, 2.24) is 5.32 Å². The highest BCUT2D eigenvalue weighted by Gasteiger charge is 2.20. The van der Waals surface area contributed by atoms with Gasteiger partial charge in [-0.25, -0.2) is 0 Å². The van der Waals surface area contributed by atoms with Crippen LogP contribution in [0.4, 0.5) is 0 Å². The fraction of sp³-hybridized carbons (Fsp3) is 0.714. The minimum Gasteiger partial charge on any atom is -0.368 e. The van der Waals surface area contributed by atoms with Crippen LogP contribution in [0.1, 0.15) is 20.3 Å². The number of carbonyl (C=O) groups is 1. The molecular formula is C7H13N2O2. The number of rotatable bonds is 5. The molecule has 0 spiro atoms. The van der Waals surface area contributed by atoms with E-state index in [0.29, 0.717) is 0 Å². The van der Waals surface area contributed by atoms with Gasteiger partial charge in [0.1, 0.15) is 6.04 Å². The first-order valence-electron chi connectivity index (χ1n) is 3.55. The Bertz CT molecular complexity index is 147. The maximum absolute atomic E-state index is 10.7. The van der Waals surface area contributed by atoms with Crippen molar-refractivity contribution < 1.29 is 9.59 Å². The highest BCUT2D eigenvalue weighted by atomic mass is 16.2. The van der Waals surface area contributed by atoms with Crippen LogP contribution in [0.25, 0.3) is 0 Å². The molecule has 0 saturated heterocycles. The number of nitrogens with one attached hydrogen (secondary N) is 1. The summed E-state index contributed by atoms with van der Waals surface area (Å²) in [5.74, 6) is -0.448. The van der Waals surface area contributed by atoms with E-state index in [1.54, 1.807) is 0 Å². The van der Waals surface area contributed by atoms with Gasteiger partial charge in [0, 0.05) is 0 Å². The van der Waals surface area contributed by atoms with Gasteiger partial charge >= 0.3 is 6.41 Å². The summed E-state index contributed by atoms with van der Waals surface area (Å²) in [7, 11) is 0. The summed E-state index contributed by atoms with van der Waals surface area (Å²) in [5.41, 5.74) is 5.02. The molecule has 0 aromatic carbocycles. The first-order chi connectivity index (χ1) is 5.13. The van der Waals surface area contributed by atoms with Crippen LogP contribution in [0.15, 0.2) is 0 Å². The number of nitrogens with two attached hydrogens (primary N) is 1. The van der Waals surface area contributed by atoms with Crippen molar-refractivity contribution in [2.45, 2.75) is 26.3 Å². The predicted octanol–water partition coefficient (Wildman–Crippen LogP) is -0.457. The molecule has 1 unspecified atom stereocenters. The summed E-state index contributed by atoms with van der Waals surface area (Å²) in [5, 5.41) is 2.25. The molecule has 1 radical (unpaired) electrons. The van der Waals surface area contributed by atoms with Gasteiger partial charge in [0.2, 0.25) is 5.91 Å². The second-order valence-corrected chi connectivity index (χ2v) is 2.51. The van der Waals surface area contributed by atoms with Crippen molar-refractivity contribution in [3.05, 3.63) is 0 Å². The summed E-state index contributed by atoms with van der Waals surface area (Å²) in [6.07, 6.45) is 2.26. The molecule has 2 amide bonds. The van der Waals surface area contributed by atoms with E-state index in [4.69, 9.17) is 5.73 Å². The van der Waals surface area contributed by atoms with E-state index in [2.05, 4.69) is 5.32 Å². The molecule has 63 valence electrons. The Kier molecular flexibility index (Phi) is 4.26. The maximum Gasteiger partial charge on any atom is 0.309 e. The van der Waals surface area contributed by atoms with Gasteiger partial charge in [0.05, 0.1) is 0 Å². The van der Waals surface area contributed by atoms with Gasteiger partial charge in [-0.05, 0) is 5.92 Å². The van der Waals surface area contributed by atoms with Crippen LogP contribution in [-0.2, 0) is 9.59 Å². The van der Waals surface area contributed by atoms with E-state index >= 15 is 0 Å². The quantitative estimate of drug-likeness (QED) is 0.530. The fourth-order valence-corrected chi connectivity index (χ4v) is 0.793. The van der Waals surface area contributed by atoms with Gasteiger partial charge in [-0.1, -0.05) is 20.3 Å². The highest BCUT2D eigenvalue weighted by molar-refractivity contribution is 5.82. The lowest BCUT2D eigenvalue weighted by Gasteiger charge is -2.17. The zero-order valence-corrected chi connectivity index (χ0v) is 6.76. The van der Waals surface area contributed by atoms with Gasteiger partial charge in [-0.2, -0.15) is 0 Å². The SMILES string of the molecule is CCC(C)[C@H](N[C]=O)C(N)=O. The van der Waals surface area contributed by atoms with Crippen LogP contribution >= 0.6 is 0 Å². The molecule has 0 aliphatic rings. The molecular weight excluding hydrogens is 144 g/mol. The molecule has 0 heterocycles. The monoisotopic (exact) mass is 157 g/mol. The molecule has 3 N–H and O–H groups in total.